The summed E-state index contributed by atoms with van der Waals surface area (Å²) in [6.07, 6.45) is 1.51. The summed E-state index contributed by atoms with van der Waals surface area (Å²) in [6, 6.07) is 12.5. The zero-order chi connectivity index (χ0) is 14.5. The van der Waals surface area contributed by atoms with E-state index in [1.165, 1.54) is 6.07 Å². The molecule has 106 valence electrons. The lowest BCUT2D eigenvalue weighted by Crippen LogP contribution is -2.19. The third-order valence-electron chi connectivity index (χ3n) is 3.32. The van der Waals surface area contributed by atoms with Crippen molar-refractivity contribution in [3.05, 3.63) is 68.9 Å². The Bertz CT molecular complexity index is 588. The smallest absolute Gasteiger partial charge is 0.123 e. The summed E-state index contributed by atoms with van der Waals surface area (Å²) in [5.41, 5.74) is 7.87. The second-order valence-corrected chi connectivity index (χ2v) is 6.10. The first-order chi connectivity index (χ1) is 9.60. The largest absolute Gasteiger partial charge is 0.330 e. The summed E-state index contributed by atoms with van der Waals surface area (Å²) in [6.45, 7) is 0.536. The van der Waals surface area contributed by atoms with Gasteiger partial charge in [0.25, 0.3) is 0 Å². The molecule has 0 aliphatic rings. The molecule has 0 fully saturated rings. The molecule has 0 heterocycles. The van der Waals surface area contributed by atoms with Gasteiger partial charge in [0.15, 0.2) is 0 Å². The molecule has 1 atom stereocenters. The van der Waals surface area contributed by atoms with Crippen molar-refractivity contribution in [3.8, 4) is 0 Å². The monoisotopic (exact) mass is 355 g/mol. The quantitative estimate of drug-likeness (QED) is 0.832. The van der Waals surface area contributed by atoms with Crippen LogP contribution in [0.15, 0.2) is 46.9 Å². The maximum Gasteiger partial charge on any atom is 0.123 e. The maximum atomic E-state index is 13.3. The van der Waals surface area contributed by atoms with Gasteiger partial charge in [-0.3, -0.25) is 0 Å². The number of rotatable bonds is 5. The van der Waals surface area contributed by atoms with Crippen LogP contribution < -0.4 is 5.73 Å². The molecular formula is C16H16BrClFN. The van der Waals surface area contributed by atoms with Gasteiger partial charge in [-0.25, -0.2) is 4.39 Å². The molecule has 2 N–H and O–H groups in total. The molecular weight excluding hydrogens is 341 g/mol. The number of nitrogens with two attached hydrogens (primary N) is 1. The molecule has 2 aromatic rings. The van der Waals surface area contributed by atoms with Crippen molar-refractivity contribution in [1.29, 1.82) is 0 Å². The van der Waals surface area contributed by atoms with E-state index in [-0.39, 0.29) is 11.7 Å². The predicted molar refractivity (Wildman–Crippen MR) is 85.5 cm³/mol. The van der Waals surface area contributed by atoms with Gasteiger partial charge >= 0.3 is 0 Å². The SMILES string of the molecule is NCC(Cc1ccccc1Cl)Cc1cc(F)ccc1Br. The molecule has 4 heteroatoms. The molecule has 0 amide bonds. The number of hydrogen-bond acceptors (Lipinski definition) is 1. The highest BCUT2D eigenvalue weighted by atomic mass is 79.9. The fourth-order valence-electron chi connectivity index (χ4n) is 2.22. The molecule has 1 nitrogen and oxygen atoms in total. The van der Waals surface area contributed by atoms with E-state index in [4.69, 9.17) is 17.3 Å². The van der Waals surface area contributed by atoms with Crippen LogP contribution in [0, 0.1) is 11.7 Å². The lowest BCUT2D eigenvalue weighted by atomic mass is 9.92. The van der Waals surface area contributed by atoms with E-state index in [9.17, 15) is 4.39 Å². The summed E-state index contributed by atoms with van der Waals surface area (Å²) in [5.74, 6) is 0.00437. The number of halogens is 3. The van der Waals surface area contributed by atoms with Crippen molar-refractivity contribution in [3.63, 3.8) is 0 Å². The third-order valence-corrected chi connectivity index (χ3v) is 4.46. The van der Waals surface area contributed by atoms with Gasteiger partial charge in [0, 0.05) is 9.50 Å². The summed E-state index contributed by atoms with van der Waals surface area (Å²) in [5, 5.41) is 0.754. The first-order valence-electron chi connectivity index (χ1n) is 6.47. The van der Waals surface area contributed by atoms with Gasteiger partial charge in [0.05, 0.1) is 0 Å². The molecule has 0 spiro atoms. The van der Waals surface area contributed by atoms with E-state index in [1.54, 1.807) is 12.1 Å². The van der Waals surface area contributed by atoms with Crippen LogP contribution in [0.5, 0.6) is 0 Å². The van der Waals surface area contributed by atoms with Crippen molar-refractivity contribution >= 4 is 27.5 Å². The van der Waals surface area contributed by atoms with Gasteiger partial charge < -0.3 is 5.73 Å². The number of hydrogen-bond donors (Lipinski definition) is 1. The van der Waals surface area contributed by atoms with Crippen molar-refractivity contribution < 1.29 is 4.39 Å². The Morgan fingerprint density at radius 1 is 1.10 bits per heavy atom. The van der Waals surface area contributed by atoms with Gasteiger partial charge in [-0.1, -0.05) is 45.7 Å². The van der Waals surface area contributed by atoms with Crippen molar-refractivity contribution in [1.82, 2.24) is 0 Å². The first-order valence-corrected chi connectivity index (χ1v) is 7.64. The molecule has 1 unspecified atom stereocenters. The Balaban J connectivity index is 2.13. The van der Waals surface area contributed by atoms with Crippen molar-refractivity contribution in [2.45, 2.75) is 12.8 Å². The molecule has 0 aliphatic carbocycles. The average molecular weight is 357 g/mol. The Labute approximate surface area is 132 Å². The first kappa shape index (κ1) is 15.5. The lowest BCUT2D eigenvalue weighted by molar-refractivity contribution is 0.529. The van der Waals surface area contributed by atoms with E-state index in [0.29, 0.717) is 6.54 Å². The highest BCUT2D eigenvalue weighted by molar-refractivity contribution is 9.10. The van der Waals surface area contributed by atoms with Crippen LogP contribution in [0.4, 0.5) is 4.39 Å². The zero-order valence-electron chi connectivity index (χ0n) is 11.0. The van der Waals surface area contributed by atoms with E-state index in [2.05, 4.69) is 15.9 Å². The summed E-state index contributed by atoms with van der Waals surface area (Å²) in [7, 11) is 0. The van der Waals surface area contributed by atoms with Crippen LogP contribution in [0.1, 0.15) is 11.1 Å². The predicted octanol–water partition coefficient (Wildman–Crippen LogP) is 4.60. The van der Waals surface area contributed by atoms with Crippen LogP contribution in [-0.2, 0) is 12.8 Å². The third kappa shape index (κ3) is 4.05. The highest BCUT2D eigenvalue weighted by Crippen LogP contribution is 2.24. The molecule has 0 saturated heterocycles. The van der Waals surface area contributed by atoms with Crippen molar-refractivity contribution in [2.24, 2.45) is 11.7 Å². The minimum atomic E-state index is -0.225. The Kier molecular flexibility index (Phi) is 5.58. The summed E-state index contributed by atoms with van der Waals surface area (Å²) >= 11 is 9.63. The van der Waals surface area contributed by atoms with Gasteiger partial charge in [-0.05, 0) is 60.7 Å². The molecule has 2 aromatic carbocycles. The second-order valence-electron chi connectivity index (χ2n) is 4.84. The fourth-order valence-corrected chi connectivity index (χ4v) is 2.85. The van der Waals surface area contributed by atoms with E-state index < -0.39 is 0 Å². The normalized spacial score (nSPS) is 12.4. The van der Waals surface area contributed by atoms with Gasteiger partial charge in [-0.15, -0.1) is 0 Å². The van der Waals surface area contributed by atoms with Gasteiger partial charge in [0.2, 0.25) is 0 Å². The molecule has 0 bridgehead atoms. The van der Waals surface area contributed by atoms with E-state index >= 15 is 0 Å². The highest BCUT2D eigenvalue weighted by Gasteiger charge is 2.13. The zero-order valence-corrected chi connectivity index (χ0v) is 13.3. The van der Waals surface area contributed by atoms with Crippen LogP contribution in [0.2, 0.25) is 5.02 Å². The molecule has 2 rings (SSSR count). The summed E-state index contributed by atoms with van der Waals surface area (Å²) < 4.78 is 14.2. The van der Waals surface area contributed by atoms with Crippen LogP contribution in [0.25, 0.3) is 0 Å². The van der Waals surface area contributed by atoms with E-state index in [1.807, 2.05) is 24.3 Å². The standard InChI is InChI=1S/C16H16BrClFN/c17-15-6-5-14(19)9-13(15)8-11(10-20)7-12-3-1-2-4-16(12)18/h1-6,9,11H,7-8,10,20H2. The number of benzene rings is 2. The minimum Gasteiger partial charge on any atom is -0.330 e. The molecule has 0 radical (unpaired) electrons. The average Bonchev–Trinajstić information content (AvgIpc) is 2.44. The second kappa shape index (κ2) is 7.21. The van der Waals surface area contributed by atoms with Crippen LogP contribution in [-0.4, -0.2) is 6.54 Å². The maximum absolute atomic E-state index is 13.3. The topological polar surface area (TPSA) is 26.0 Å². The van der Waals surface area contributed by atoms with Gasteiger partial charge in [-0.2, -0.15) is 0 Å². The lowest BCUT2D eigenvalue weighted by Gasteiger charge is -2.16. The molecule has 0 aromatic heterocycles. The minimum absolute atomic E-state index is 0.225. The molecule has 0 aliphatic heterocycles. The summed E-state index contributed by atoms with van der Waals surface area (Å²) in [4.78, 5) is 0. The fraction of sp³-hybridized carbons (Fsp3) is 0.250. The Morgan fingerprint density at radius 3 is 2.50 bits per heavy atom. The van der Waals surface area contributed by atoms with Crippen LogP contribution >= 0.6 is 27.5 Å². The van der Waals surface area contributed by atoms with E-state index in [0.717, 1.165) is 33.5 Å². The Morgan fingerprint density at radius 2 is 1.80 bits per heavy atom. The Hall–Kier alpha value is -0.900. The van der Waals surface area contributed by atoms with Crippen LogP contribution in [0.3, 0.4) is 0 Å². The molecule has 20 heavy (non-hydrogen) atoms. The van der Waals surface area contributed by atoms with Gasteiger partial charge in [0.1, 0.15) is 5.82 Å². The molecule has 0 saturated carbocycles. The van der Waals surface area contributed by atoms with Crippen molar-refractivity contribution in [2.75, 3.05) is 6.54 Å².